The number of fused-ring (bicyclic) bond motifs is 6. The van der Waals surface area contributed by atoms with E-state index in [4.69, 9.17) is 14.4 Å². The molecule has 1 aliphatic rings. The van der Waals surface area contributed by atoms with E-state index in [1.807, 2.05) is 18.2 Å². The van der Waals surface area contributed by atoms with E-state index < -0.39 is 0 Å². The Morgan fingerprint density at radius 2 is 0.931 bits per heavy atom. The molecule has 0 atom stereocenters. The molecular formula is C55H38N2O. The lowest BCUT2D eigenvalue weighted by molar-refractivity contribution is 0.660. The molecular weight excluding hydrogens is 705 g/mol. The van der Waals surface area contributed by atoms with Crippen molar-refractivity contribution < 1.29 is 4.42 Å². The van der Waals surface area contributed by atoms with Gasteiger partial charge >= 0.3 is 0 Å². The molecule has 8 aromatic carbocycles. The molecule has 0 saturated carbocycles. The van der Waals surface area contributed by atoms with Gasteiger partial charge in [-0.15, -0.1) is 0 Å². The van der Waals surface area contributed by atoms with E-state index in [0.717, 1.165) is 77.8 Å². The molecule has 2 aromatic heterocycles. The molecule has 11 rings (SSSR count). The highest BCUT2D eigenvalue weighted by molar-refractivity contribution is 6.09. The molecule has 58 heavy (non-hydrogen) atoms. The first kappa shape index (κ1) is 33.9. The van der Waals surface area contributed by atoms with Gasteiger partial charge < -0.3 is 4.42 Å². The van der Waals surface area contributed by atoms with E-state index in [1.165, 1.54) is 27.8 Å². The largest absolute Gasteiger partial charge is 0.455 e. The minimum atomic E-state index is -0.0553. The van der Waals surface area contributed by atoms with Gasteiger partial charge in [0.25, 0.3) is 0 Å². The second-order valence-corrected chi connectivity index (χ2v) is 15.8. The summed E-state index contributed by atoms with van der Waals surface area (Å²) in [4.78, 5) is 10.5. The van der Waals surface area contributed by atoms with Crippen LogP contribution >= 0.6 is 0 Å². The Kier molecular flexibility index (Phi) is 7.84. The quantitative estimate of drug-likeness (QED) is 0.170. The number of hydrogen-bond donors (Lipinski definition) is 0. The molecule has 2 heterocycles. The first-order valence-corrected chi connectivity index (χ1v) is 19.9. The number of aromatic nitrogens is 2. The van der Waals surface area contributed by atoms with Crippen molar-refractivity contribution in [3.05, 3.63) is 205 Å². The van der Waals surface area contributed by atoms with E-state index in [2.05, 4.69) is 190 Å². The van der Waals surface area contributed by atoms with Gasteiger partial charge in [-0.25, -0.2) is 9.97 Å². The van der Waals surface area contributed by atoms with Gasteiger partial charge in [0, 0.05) is 38.4 Å². The molecule has 0 fully saturated rings. The minimum Gasteiger partial charge on any atom is -0.455 e. The Hall–Kier alpha value is -7.36. The fraction of sp³-hybridized carbons (Fsp3) is 0.0545. The summed E-state index contributed by atoms with van der Waals surface area (Å²) in [5.41, 5.74) is 18.6. The van der Waals surface area contributed by atoms with Crippen molar-refractivity contribution in [3.63, 3.8) is 0 Å². The summed E-state index contributed by atoms with van der Waals surface area (Å²) in [6.07, 6.45) is 0. The van der Waals surface area contributed by atoms with Crippen molar-refractivity contribution in [1.29, 1.82) is 0 Å². The van der Waals surface area contributed by atoms with Gasteiger partial charge in [0.15, 0.2) is 5.82 Å². The zero-order chi connectivity index (χ0) is 38.8. The predicted octanol–water partition coefficient (Wildman–Crippen LogP) is 14.7. The second-order valence-electron chi connectivity index (χ2n) is 15.8. The predicted molar refractivity (Wildman–Crippen MR) is 239 cm³/mol. The summed E-state index contributed by atoms with van der Waals surface area (Å²) >= 11 is 0. The van der Waals surface area contributed by atoms with Crippen LogP contribution in [-0.4, -0.2) is 9.97 Å². The van der Waals surface area contributed by atoms with E-state index in [9.17, 15) is 0 Å². The fourth-order valence-electron chi connectivity index (χ4n) is 8.88. The zero-order valence-corrected chi connectivity index (χ0v) is 32.3. The summed E-state index contributed by atoms with van der Waals surface area (Å²) in [7, 11) is 0. The Morgan fingerprint density at radius 3 is 1.74 bits per heavy atom. The first-order chi connectivity index (χ1) is 28.5. The molecule has 0 spiro atoms. The smallest absolute Gasteiger partial charge is 0.160 e. The van der Waals surface area contributed by atoms with Gasteiger partial charge in [-0.05, 0) is 86.5 Å². The van der Waals surface area contributed by atoms with Crippen LogP contribution in [0.3, 0.4) is 0 Å². The van der Waals surface area contributed by atoms with Crippen LogP contribution in [0, 0.1) is 0 Å². The highest BCUT2D eigenvalue weighted by Gasteiger charge is 2.35. The molecule has 0 bridgehead atoms. The van der Waals surface area contributed by atoms with Crippen molar-refractivity contribution in [1.82, 2.24) is 9.97 Å². The number of nitrogens with zero attached hydrogens (tertiary/aromatic N) is 2. The molecule has 1 aliphatic carbocycles. The SMILES string of the molecule is CC1(C)c2ccccc2-c2ccc(-c3ccc(-c4nc(-c5ccccc5)cc(-c5cc(-c6ccccc6)cc(-c6cccc7c6oc6ccccc67)c5)n4)cc3)cc21. The lowest BCUT2D eigenvalue weighted by Crippen LogP contribution is -2.14. The second kappa shape index (κ2) is 13.4. The van der Waals surface area contributed by atoms with E-state index in [0.29, 0.717) is 5.82 Å². The van der Waals surface area contributed by atoms with Crippen LogP contribution in [0.5, 0.6) is 0 Å². The number of para-hydroxylation sites is 2. The Morgan fingerprint density at radius 1 is 0.362 bits per heavy atom. The normalized spacial score (nSPS) is 12.8. The van der Waals surface area contributed by atoms with Gasteiger partial charge in [0.1, 0.15) is 11.2 Å². The molecule has 274 valence electrons. The Labute approximate surface area is 338 Å². The van der Waals surface area contributed by atoms with Crippen LogP contribution in [-0.2, 0) is 5.41 Å². The van der Waals surface area contributed by atoms with Crippen molar-refractivity contribution in [2.45, 2.75) is 19.3 Å². The van der Waals surface area contributed by atoms with Gasteiger partial charge in [0.05, 0.1) is 11.4 Å². The summed E-state index contributed by atoms with van der Waals surface area (Å²) in [6, 6.07) is 68.9. The van der Waals surface area contributed by atoms with Gasteiger partial charge in [-0.1, -0.05) is 172 Å². The highest BCUT2D eigenvalue weighted by atomic mass is 16.3. The molecule has 0 unspecified atom stereocenters. The Bertz CT molecular complexity index is 3180. The van der Waals surface area contributed by atoms with Crippen molar-refractivity contribution in [2.75, 3.05) is 0 Å². The molecule has 10 aromatic rings. The topological polar surface area (TPSA) is 38.9 Å². The number of furan rings is 1. The van der Waals surface area contributed by atoms with Gasteiger partial charge in [-0.3, -0.25) is 0 Å². The summed E-state index contributed by atoms with van der Waals surface area (Å²) in [6.45, 7) is 4.66. The maximum absolute atomic E-state index is 6.55. The number of rotatable bonds is 6. The average Bonchev–Trinajstić information content (AvgIpc) is 3.78. The molecule has 0 saturated heterocycles. The third kappa shape index (κ3) is 5.66. The monoisotopic (exact) mass is 742 g/mol. The molecule has 0 radical (unpaired) electrons. The first-order valence-electron chi connectivity index (χ1n) is 19.9. The molecule has 3 heteroatoms. The van der Waals surface area contributed by atoms with E-state index >= 15 is 0 Å². The number of hydrogen-bond acceptors (Lipinski definition) is 3. The summed E-state index contributed by atoms with van der Waals surface area (Å²) in [5.74, 6) is 0.680. The third-order valence-corrected chi connectivity index (χ3v) is 11.9. The lowest BCUT2D eigenvalue weighted by atomic mass is 9.81. The lowest BCUT2D eigenvalue weighted by Gasteiger charge is -2.22. The van der Waals surface area contributed by atoms with Crippen LogP contribution in [0.15, 0.2) is 199 Å². The summed E-state index contributed by atoms with van der Waals surface area (Å²) < 4.78 is 6.55. The molecule has 0 aliphatic heterocycles. The van der Waals surface area contributed by atoms with Crippen LogP contribution < -0.4 is 0 Å². The fourth-order valence-corrected chi connectivity index (χ4v) is 8.88. The molecule has 0 N–H and O–H groups in total. The molecule has 3 nitrogen and oxygen atoms in total. The minimum absolute atomic E-state index is 0.0553. The highest BCUT2D eigenvalue weighted by Crippen LogP contribution is 2.49. The van der Waals surface area contributed by atoms with Gasteiger partial charge in [-0.2, -0.15) is 0 Å². The number of benzene rings is 8. The standard InChI is InChI=1S/C55H38N2O/c1-55(2)48-22-11-9-18-44(48)45-29-28-39(33-49(45)55)36-24-26-38(27-25-36)54-56-50(37-16-7-4-8-17-37)34-51(57-54)42-31-40(35-14-5-3-6-15-35)30-41(32-42)43-20-13-21-47-46-19-10-12-23-52(46)58-53(43)47/h3-34H,1-2H3. The van der Waals surface area contributed by atoms with Gasteiger partial charge in [0.2, 0.25) is 0 Å². The Balaban J connectivity index is 1.04. The zero-order valence-electron chi connectivity index (χ0n) is 32.3. The van der Waals surface area contributed by atoms with Crippen LogP contribution in [0.2, 0.25) is 0 Å². The van der Waals surface area contributed by atoms with E-state index in [1.54, 1.807) is 0 Å². The van der Waals surface area contributed by atoms with Crippen LogP contribution in [0.25, 0.3) is 100 Å². The molecule has 0 amide bonds. The maximum atomic E-state index is 6.55. The van der Waals surface area contributed by atoms with Crippen LogP contribution in [0.1, 0.15) is 25.0 Å². The summed E-state index contributed by atoms with van der Waals surface area (Å²) in [5, 5.41) is 2.22. The third-order valence-electron chi connectivity index (χ3n) is 11.9. The van der Waals surface area contributed by atoms with Crippen molar-refractivity contribution >= 4 is 21.9 Å². The van der Waals surface area contributed by atoms with Crippen molar-refractivity contribution in [3.8, 4) is 78.4 Å². The van der Waals surface area contributed by atoms with Crippen LogP contribution in [0.4, 0.5) is 0 Å². The van der Waals surface area contributed by atoms with Crippen molar-refractivity contribution in [2.24, 2.45) is 0 Å². The maximum Gasteiger partial charge on any atom is 0.160 e. The van der Waals surface area contributed by atoms with E-state index in [-0.39, 0.29) is 5.41 Å². The average molecular weight is 743 g/mol.